The molecular formula is C19H13F3N2O3S. The van der Waals surface area contributed by atoms with E-state index in [-0.39, 0.29) is 10.4 Å². The average molecular weight is 406 g/mol. The fraction of sp³-hybridized carbons (Fsp3) is 0.105. The number of carboxylic acids is 1. The molecule has 0 saturated carbocycles. The van der Waals surface area contributed by atoms with Gasteiger partial charge in [0.15, 0.2) is 0 Å². The van der Waals surface area contributed by atoms with E-state index in [1.807, 2.05) is 0 Å². The van der Waals surface area contributed by atoms with E-state index in [0.29, 0.717) is 22.0 Å². The highest BCUT2D eigenvalue weighted by Crippen LogP contribution is 2.33. The fourth-order valence-electron chi connectivity index (χ4n) is 2.45. The van der Waals surface area contributed by atoms with Crippen LogP contribution in [0.1, 0.15) is 31.3 Å². The highest BCUT2D eigenvalue weighted by Gasteiger charge is 2.30. The van der Waals surface area contributed by atoms with Gasteiger partial charge < -0.3 is 10.4 Å². The first-order valence-electron chi connectivity index (χ1n) is 7.95. The molecule has 1 heterocycles. The van der Waals surface area contributed by atoms with E-state index in [1.165, 1.54) is 30.3 Å². The zero-order chi connectivity index (χ0) is 20.5. The van der Waals surface area contributed by atoms with Crippen molar-refractivity contribution in [1.29, 1.82) is 0 Å². The van der Waals surface area contributed by atoms with Gasteiger partial charge in [-0.25, -0.2) is 9.78 Å². The lowest BCUT2D eigenvalue weighted by Gasteiger charge is -2.06. The number of halogens is 3. The van der Waals surface area contributed by atoms with Crippen LogP contribution in [-0.2, 0) is 6.18 Å². The van der Waals surface area contributed by atoms with Gasteiger partial charge in [-0.05, 0) is 37.3 Å². The standard InChI is InChI=1S/C19H13F3N2O3S/c1-10-15(16(25)24-14-4-2-3-12(9-14)18(26)27)28-17(23-10)11-5-7-13(8-6-11)19(20,21)22/h2-9H,1H3,(H,24,25)(H,26,27). The number of carboxylic acid groups (broad SMARTS) is 1. The second kappa shape index (κ2) is 7.43. The van der Waals surface area contributed by atoms with Crippen LogP contribution in [0.4, 0.5) is 18.9 Å². The van der Waals surface area contributed by atoms with Crippen molar-refractivity contribution in [1.82, 2.24) is 4.98 Å². The Bertz CT molecular complexity index is 1040. The van der Waals surface area contributed by atoms with Crippen LogP contribution >= 0.6 is 11.3 Å². The molecule has 144 valence electrons. The molecule has 0 radical (unpaired) electrons. The normalized spacial score (nSPS) is 11.3. The number of thiazole rings is 1. The summed E-state index contributed by atoms with van der Waals surface area (Å²) in [5.74, 6) is -1.59. The predicted molar refractivity (Wildman–Crippen MR) is 98.6 cm³/mol. The third kappa shape index (κ3) is 4.20. The minimum Gasteiger partial charge on any atom is -0.478 e. The molecule has 5 nitrogen and oxygen atoms in total. The summed E-state index contributed by atoms with van der Waals surface area (Å²) < 4.78 is 38.0. The van der Waals surface area contributed by atoms with Crippen LogP contribution in [0.2, 0.25) is 0 Å². The third-order valence-electron chi connectivity index (χ3n) is 3.83. The lowest BCUT2D eigenvalue weighted by Crippen LogP contribution is -2.12. The number of nitrogens with zero attached hydrogens (tertiary/aromatic N) is 1. The van der Waals surface area contributed by atoms with Crippen molar-refractivity contribution in [3.63, 3.8) is 0 Å². The molecule has 3 aromatic rings. The van der Waals surface area contributed by atoms with Crippen LogP contribution in [0.5, 0.6) is 0 Å². The number of aryl methyl sites for hydroxylation is 1. The molecule has 0 unspecified atom stereocenters. The minimum absolute atomic E-state index is 0.0317. The first-order chi connectivity index (χ1) is 13.1. The van der Waals surface area contributed by atoms with Crippen molar-refractivity contribution in [3.05, 3.63) is 70.2 Å². The Hall–Kier alpha value is -3.20. The molecule has 28 heavy (non-hydrogen) atoms. The number of aromatic nitrogens is 1. The Labute approximate surface area is 161 Å². The van der Waals surface area contributed by atoms with Gasteiger partial charge in [0.1, 0.15) is 9.88 Å². The number of hydrogen-bond donors (Lipinski definition) is 2. The van der Waals surface area contributed by atoms with Gasteiger partial charge in [0.05, 0.1) is 16.8 Å². The van der Waals surface area contributed by atoms with Gasteiger partial charge in [0.2, 0.25) is 0 Å². The highest BCUT2D eigenvalue weighted by atomic mass is 32.1. The summed E-state index contributed by atoms with van der Waals surface area (Å²) in [6.45, 7) is 1.62. The Morgan fingerprint density at radius 3 is 2.39 bits per heavy atom. The van der Waals surface area contributed by atoms with Crippen LogP contribution in [0, 0.1) is 6.92 Å². The van der Waals surface area contributed by atoms with E-state index >= 15 is 0 Å². The number of amides is 1. The number of aromatic carboxylic acids is 1. The lowest BCUT2D eigenvalue weighted by molar-refractivity contribution is -0.137. The number of rotatable bonds is 4. The van der Waals surface area contributed by atoms with Crippen LogP contribution in [0.3, 0.4) is 0 Å². The molecule has 0 bridgehead atoms. The van der Waals surface area contributed by atoms with Crippen molar-refractivity contribution < 1.29 is 27.9 Å². The molecule has 1 aromatic heterocycles. The largest absolute Gasteiger partial charge is 0.478 e. The third-order valence-corrected chi connectivity index (χ3v) is 5.03. The number of nitrogens with one attached hydrogen (secondary N) is 1. The summed E-state index contributed by atoms with van der Waals surface area (Å²) in [7, 11) is 0. The molecular weight excluding hydrogens is 393 g/mol. The van der Waals surface area contributed by atoms with Gasteiger partial charge in [-0.15, -0.1) is 11.3 Å². The van der Waals surface area contributed by atoms with Crippen molar-refractivity contribution >= 4 is 28.9 Å². The average Bonchev–Trinajstić information content (AvgIpc) is 3.03. The van der Waals surface area contributed by atoms with E-state index in [1.54, 1.807) is 13.0 Å². The Kier molecular flexibility index (Phi) is 5.19. The van der Waals surface area contributed by atoms with Gasteiger partial charge in [-0.2, -0.15) is 13.2 Å². The molecule has 3 rings (SSSR count). The summed E-state index contributed by atoms with van der Waals surface area (Å²) in [4.78, 5) is 28.1. The summed E-state index contributed by atoms with van der Waals surface area (Å²) in [6.07, 6.45) is -4.42. The molecule has 0 aliphatic heterocycles. The maximum absolute atomic E-state index is 12.7. The summed E-state index contributed by atoms with van der Waals surface area (Å²) >= 11 is 1.04. The van der Waals surface area contributed by atoms with Crippen molar-refractivity contribution in [3.8, 4) is 10.6 Å². The predicted octanol–water partition coefficient (Wildman–Crippen LogP) is 5.09. The maximum atomic E-state index is 12.7. The molecule has 9 heteroatoms. The molecule has 2 N–H and O–H groups in total. The number of alkyl halides is 3. The maximum Gasteiger partial charge on any atom is 0.416 e. The molecule has 0 spiro atoms. The zero-order valence-corrected chi connectivity index (χ0v) is 15.2. The number of carbonyl (C=O) groups excluding carboxylic acids is 1. The second-order valence-electron chi connectivity index (χ2n) is 5.85. The Morgan fingerprint density at radius 2 is 1.79 bits per heavy atom. The SMILES string of the molecule is Cc1nc(-c2ccc(C(F)(F)F)cc2)sc1C(=O)Nc1cccc(C(=O)O)c1. The van der Waals surface area contributed by atoms with E-state index < -0.39 is 23.6 Å². The Morgan fingerprint density at radius 1 is 1.11 bits per heavy atom. The second-order valence-corrected chi connectivity index (χ2v) is 6.85. The van der Waals surface area contributed by atoms with Crippen LogP contribution < -0.4 is 5.32 Å². The lowest BCUT2D eigenvalue weighted by atomic mass is 10.1. The quantitative estimate of drug-likeness (QED) is 0.633. The zero-order valence-electron chi connectivity index (χ0n) is 14.4. The van der Waals surface area contributed by atoms with Crippen molar-refractivity contribution in [2.24, 2.45) is 0 Å². The van der Waals surface area contributed by atoms with Crippen LogP contribution in [0.25, 0.3) is 10.6 Å². The van der Waals surface area contributed by atoms with Gasteiger partial charge in [-0.3, -0.25) is 4.79 Å². The van der Waals surface area contributed by atoms with E-state index in [2.05, 4.69) is 10.3 Å². The fourth-order valence-corrected chi connectivity index (χ4v) is 3.42. The molecule has 0 aliphatic rings. The molecule has 0 fully saturated rings. The topological polar surface area (TPSA) is 79.3 Å². The first-order valence-corrected chi connectivity index (χ1v) is 8.76. The van der Waals surface area contributed by atoms with E-state index in [0.717, 1.165) is 23.5 Å². The Balaban J connectivity index is 1.83. The molecule has 0 aliphatic carbocycles. The number of benzene rings is 2. The number of anilines is 1. The molecule has 1 amide bonds. The van der Waals surface area contributed by atoms with Crippen LogP contribution in [0.15, 0.2) is 48.5 Å². The summed E-state index contributed by atoms with van der Waals surface area (Å²) in [5, 5.41) is 12.0. The molecule has 0 saturated heterocycles. The number of hydrogen-bond acceptors (Lipinski definition) is 4. The monoisotopic (exact) mass is 406 g/mol. The van der Waals surface area contributed by atoms with Crippen molar-refractivity contribution in [2.75, 3.05) is 5.32 Å². The van der Waals surface area contributed by atoms with E-state index in [4.69, 9.17) is 5.11 Å². The van der Waals surface area contributed by atoms with Gasteiger partial charge in [0, 0.05) is 11.3 Å². The van der Waals surface area contributed by atoms with Gasteiger partial charge >= 0.3 is 12.1 Å². The number of carbonyl (C=O) groups is 2. The van der Waals surface area contributed by atoms with E-state index in [9.17, 15) is 22.8 Å². The van der Waals surface area contributed by atoms with Crippen molar-refractivity contribution in [2.45, 2.75) is 13.1 Å². The smallest absolute Gasteiger partial charge is 0.416 e. The minimum atomic E-state index is -4.42. The molecule has 2 aromatic carbocycles. The van der Waals surface area contributed by atoms with Crippen LogP contribution in [-0.4, -0.2) is 22.0 Å². The van der Waals surface area contributed by atoms with Gasteiger partial charge in [0.25, 0.3) is 5.91 Å². The summed E-state index contributed by atoms with van der Waals surface area (Å²) in [6, 6.07) is 10.3. The summed E-state index contributed by atoms with van der Waals surface area (Å²) in [5.41, 5.74) is 0.471. The first kappa shape index (κ1) is 19.6. The van der Waals surface area contributed by atoms with Gasteiger partial charge in [-0.1, -0.05) is 18.2 Å². The molecule has 0 atom stereocenters. The highest BCUT2D eigenvalue weighted by molar-refractivity contribution is 7.17.